The van der Waals surface area contributed by atoms with Crippen LogP contribution in [0.1, 0.15) is 12.8 Å². The molecule has 0 radical (unpaired) electrons. The molecular formula is C11H14FNO2S. The summed E-state index contributed by atoms with van der Waals surface area (Å²) in [7, 11) is -1.37. The van der Waals surface area contributed by atoms with Gasteiger partial charge in [0.2, 0.25) is 0 Å². The van der Waals surface area contributed by atoms with E-state index in [1.54, 1.807) is 16.4 Å². The van der Waals surface area contributed by atoms with Crippen molar-refractivity contribution < 1.29 is 13.7 Å². The summed E-state index contributed by atoms with van der Waals surface area (Å²) in [6, 6.07) is 5.74. The van der Waals surface area contributed by atoms with Gasteiger partial charge in [-0.25, -0.2) is 12.9 Å². The predicted octanol–water partition coefficient (Wildman–Crippen LogP) is 1.31. The number of hydrogen-bond donors (Lipinski definition) is 1. The molecule has 2 rings (SSSR count). The molecule has 16 heavy (non-hydrogen) atoms. The molecule has 5 heteroatoms. The molecule has 88 valence electrons. The van der Waals surface area contributed by atoms with E-state index < -0.39 is 11.0 Å². The van der Waals surface area contributed by atoms with Crippen LogP contribution in [0.4, 0.5) is 4.39 Å². The van der Waals surface area contributed by atoms with Gasteiger partial charge in [0.15, 0.2) is 0 Å². The normalized spacial score (nSPS) is 23.5. The second-order valence-electron chi connectivity index (χ2n) is 3.83. The van der Waals surface area contributed by atoms with Crippen LogP contribution < -0.4 is 0 Å². The van der Waals surface area contributed by atoms with Crippen molar-refractivity contribution in [3.05, 3.63) is 30.1 Å². The summed E-state index contributed by atoms with van der Waals surface area (Å²) < 4.78 is 26.8. The first-order chi connectivity index (χ1) is 7.72. The first-order valence-corrected chi connectivity index (χ1v) is 6.38. The number of benzene rings is 1. The van der Waals surface area contributed by atoms with Gasteiger partial charge in [0, 0.05) is 12.6 Å². The fraction of sp³-hybridized carbons (Fsp3) is 0.455. The van der Waals surface area contributed by atoms with Gasteiger partial charge in [-0.15, -0.1) is 0 Å². The fourth-order valence-corrected chi connectivity index (χ4v) is 3.34. The number of hydrogen-bond acceptors (Lipinski definition) is 2. The lowest BCUT2D eigenvalue weighted by atomic mass is 10.2. The van der Waals surface area contributed by atoms with Gasteiger partial charge in [-0.3, -0.25) is 0 Å². The highest BCUT2D eigenvalue weighted by atomic mass is 32.2. The van der Waals surface area contributed by atoms with Crippen LogP contribution in [-0.2, 0) is 11.0 Å². The van der Waals surface area contributed by atoms with Crippen LogP contribution in [0, 0.1) is 5.82 Å². The highest BCUT2D eigenvalue weighted by Gasteiger charge is 2.29. The summed E-state index contributed by atoms with van der Waals surface area (Å²) in [5, 5.41) is 9.14. The van der Waals surface area contributed by atoms with Crippen LogP contribution in [0.15, 0.2) is 29.2 Å². The standard InChI is InChI=1S/C11H14FNO2S/c12-9-3-1-5-11(7-9)16(15)13-6-2-4-10(13)8-14/h1,3,5,7,10,14H,2,4,6,8H2/t10-,16?/m0/s1. The number of rotatable bonds is 3. The molecule has 1 aliphatic heterocycles. The number of aliphatic hydroxyl groups is 1. The largest absolute Gasteiger partial charge is 0.395 e. The second kappa shape index (κ2) is 5.03. The SMILES string of the molecule is O=S(c1cccc(F)c1)N1CCC[C@H]1CO. The van der Waals surface area contributed by atoms with Crippen LogP contribution >= 0.6 is 0 Å². The first kappa shape index (κ1) is 11.7. The third-order valence-corrected chi connectivity index (χ3v) is 4.31. The van der Waals surface area contributed by atoms with Gasteiger partial charge in [-0.1, -0.05) is 6.07 Å². The van der Waals surface area contributed by atoms with E-state index in [-0.39, 0.29) is 18.5 Å². The highest BCUT2D eigenvalue weighted by Crippen LogP contribution is 2.23. The Morgan fingerprint density at radius 3 is 3.06 bits per heavy atom. The zero-order chi connectivity index (χ0) is 11.5. The van der Waals surface area contributed by atoms with E-state index in [4.69, 9.17) is 5.11 Å². The first-order valence-electron chi connectivity index (χ1n) is 5.27. The molecule has 0 aliphatic carbocycles. The Hall–Kier alpha value is -0.780. The minimum absolute atomic E-state index is 0.00105. The summed E-state index contributed by atoms with van der Waals surface area (Å²) in [4.78, 5) is 0.459. The van der Waals surface area contributed by atoms with Crippen molar-refractivity contribution in [3.63, 3.8) is 0 Å². The molecule has 1 fully saturated rings. The van der Waals surface area contributed by atoms with E-state index in [9.17, 15) is 8.60 Å². The van der Waals surface area contributed by atoms with Crippen LogP contribution in [0.25, 0.3) is 0 Å². The van der Waals surface area contributed by atoms with E-state index in [1.807, 2.05) is 0 Å². The molecule has 1 unspecified atom stereocenters. The van der Waals surface area contributed by atoms with Gasteiger partial charge in [-0.05, 0) is 31.0 Å². The molecule has 0 amide bonds. The maximum Gasteiger partial charge on any atom is 0.128 e. The van der Waals surface area contributed by atoms with Crippen LogP contribution in [0.3, 0.4) is 0 Å². The molecule has 1 aromatic rings. The summed E-state index contributed by atoms with van der Waals surface area (Å²) in [5.74, 6) is -0.384. The van der Waals surface area contributed by atoms with Gasteiger partial charge in [0.25, 0.3) is 0 Å². The van der Waals surface area contributed by atoms with Crippen LogP contribution in [0.2, 0.25) is 0 Å². The van der Waals surface area contributed by atoms with E-state index in [1.165, 1.54) is 12.1 Å². The van der Waals surface area contributed by atoms with E-state index in [2.05, 4.69) is 0 Å². The lowest BCUT2D eigenvalue weighted by Crippen LogP contribution is -2.33. The van der Waals surface area contributed by atoms with Crippen LogP contribution in [0.5, 0.6) is 0 Å². The average molecular weight is 243 g/mol. The Bertz CT molecular complexity index is 399. The Labute approximate surface area is 96.5 Å². The van der Waals surface area contributed by atoms with Gasteiger partial charge in [-0.2, -0.15) is 0 Å². The lowest BCUT2D eigenvalue weighted by molar-refractivity contribution is 0.217. The summed E-state index contributed by atoms with van der Waals surface area (Å²) in [6.07, 6.45) is 1.77. The third-order valence-electron chi connectivity index (χ3n) is 2.74. The van der Waals surface area contributed by atoms with Crippen molar-refractivity contribution in [2.75, 3.05) is 13.2 Å². The van der Waals surface area contributed by atoms with Crippen LogP contribution in [-0.4, -0.2) is 32.8 Å². The zero-order valence-corrected chi connectivity index (χ0v) is 9.62. The quantitative estimate of drug-likeness (QED) is 0.869. The second-order valence-corrected chi connectivity index (χ2v) is 5.26. The molecule has 0 aromatic heterocycles. The highest BCUT2D eigenvalue weighted by molar-refractivity contribution is 7.82. The van der Waals surface area contributed by atoms with Crippen molar-refractivity contribution >= 4 is 11.0 Å². The summed E-state index contributed by atoms with van der Waals surface area (Å²) in [5.41, 5.74) is 0. The van der Waals surface area contributed by atoms with E-state index in [0.29, 0.717) is 11.4 Å². The van der Waals surface area contributed by atoms with Crippen molar-refractivity contribution in [2.45, 2.75) is 23.8 Å². The monoisotopic (exact) mass is 243 g/mol. The smallest absolute Gasteiger partial charge is 0.128 e. The Morgan fingerprint density at radius 1 is 1.56 bits per heavy atom. The molecule has 1 saturated heterocycles. The molecule has 3 nitrogen and oxygen atoms in total. The maximum absolute atomic E-state index is 13.0. The predicted molar refractivity (Wildman–Crippen MR) is 59.6 cm³/mol. The zero-order valence-electron chi connectivity index (χ0n) is 8.80. The number of halogens is 1. The maximum atomic E-state index is 13.0. The molecule has 2 atom stereocenters. The van der Waals surface area contributed by atoms with Crippen molar-refractivity contribution in [1.82, 2.24) is 4.31 Å². The van der Waals surface area contributed by atoms with Crippen molar-refractivity contribution in [3.8, 4) is 0 Å². The molecule has 1 aromatic carbocycles. The van der Waals surface area contributed by atoms with Gasteiger partial charge >= 0.3 is 0 Å². The molecule has 0 bridgehead atoms. The average Bonchev–Trinajstić information content (AvgIpc) is 2.76. The third kappa shape index (κ3) is 2.31. The molecule has 0 spiro atoms. The molecular weight excluding hydrogens is 229 g/mol. The lowest BCUT2D eigenvalue weighted by Gasteiger charge is -2.21. The van der Waals surface area contributed by atoms with Gasteiger partial charge in [0.1, 0.15) is 16.8 Å². The molecule has 1 N–H and O–H groups in total. The topological polar surface area (TPSA) is 40.5 Å². The van der Waals surface area contributed by atoms with E-state index in [0.717, 1.165) is 12.8 Å². The fourth-order valence-electron chi connectivity index (χ4n) is 1.92. The van der Waals surface area contributed by atoms with Gasteiger partial charge in [0.05, 0.1) is 11.5 Å². The van der Waals surface area contributed by atoms with Crippen molar-refractivity contribution in [2.24, 2.45) is 0 Å². The minimum Gasteiger partial charge on any atom is -0.395 e. The molecule has 1 aliphatic rings. The summed E-state index contributed by atoms with van der Waals surface area (Å²) in [6.45, 7) is 0.690. The summed E-state index contributed by atoms with van der Waals surface area (Å²) >= 11 is 0. The van der Waals surface area contributed by atoms with Crippen molar-refractivity contribution in [1.29, 1.82) is 0 Å². The molecule has 1 heterocycles. The number of nitrogens with zero attached hydrogens (tertiary/aromatic N) is 1. The Kier molecular flexibility index (Phi) is 3.68. The Balaban J connectivity index is 2.18. The number of aliphatic hydroxyl groups excluding tert-OH is 1. The van der Waals surface area contributed by atoms with Gasteiger partial charge < -0.3 is 5.11 Å². The molecule has 0 saturated carbocycles. The minimum atomic E-state index is -1.37. The van der Waals surface area contributed by atoms with E-state index >= 15 is 0 Å². The Morgan fingerprint density at radius 2 is 2.38 bits per heavy atom.